The van der Waals surface area contributed by atoms with Gasteiger partial charge in [0.1, 0.15) is 11.5 Å². The van der Waals surface area contributed by atoms with Crippen molar-refractivity contribution in [2.75, 3.05) is 37.5 Å². The summed E-state index contributed by atoms with van der Waals surface area (Å²) in [5.41, 5.74) is 3.09. The van der Waals surface area contributed by atoms with E-state index in [1.54, 1.807) is 14.2 Å². The number of ether oxygens (including phenoxy) is 2. The molecular formula is C22H28N2O3. The van der Waals surface area contributed by atoms with Crippen LogP contribution in [0.5, 0.6) is 11.5 Å². The van der Waals surface area contributed by atoms with Crippen molar-refractivity contribution in [3.8, 4) is 11.5 Å². The van der Waals surface area contributed by atoms with Crippen molar-refractivity contribution in [3.05, 3.63) is 48.0 Å². The first kappa shape index (κ1) is 19.1. The zero-order valence-electron chi connectivity index (χ0n) is 16.2. The van der Waals surface area contributed by atoms with Crippen LogP contribution in [0.4, 0.5) is 11.4 Å². The number of nitrogens with zero attached hydrogens (tertiary/aromatic N) is 1. The van der Waals surface area contributed by atoms with Crippen molar-refractivity contribution in [1.29, 1.82) is 0 Å². The summed E-state index contributed by atoms with van der Waals surface area (Å²) < 4.78 is 10.6. The van der Waals surface area contributed by atoms with Crippen LogP contribution >= 0.6 is 0 Å². The summed E-state index contributed by atoms with van der Waals surface area (Å²) in [7, 11) is 3.25. The van der Waals surface area contributed by atoms with Gasteiger partial charge >= 0.3 is 0 Å². The molecule has 0 aliphatic carbocycles. The van der Waals surface area contributed by atoms with E-state index in [1.807, 2.05) is 30.3 Å². The number of nitrogens with one attached hydrogen (secondary N) is 1. The molecule has 5 nitrogen and oxygen atoms in total. The van der Waals surface area contributed by atoms with Gasteiger partial charge in [0.05, 0.1) is 14.2 Å². The molecule has 0 atom stereocenters. The van der Waals surface area contributed by atoms with Gasteiger partial charge in [0.25, 0.3) is 0 Å². The summed E-state index contributed by atoms with van der Waals surface area (Å²) in [4.78, 5) is 14.7. The van der Waals surface area contributed by atoms with Crippen molar-refractivity contribution in [2.24, 2.45) is 0 Å². The maximum absolute atomic E-state index is 12.3. The molecule has 27 heavy (non-hydrogen) atoms. The minimum absolute atomic E-state index is 0.00232. The van der Waals surface area contributed by atoms with E-state index in [0.717, 1.165) is 35.8 Å². The zero-order chi connectivity index (χ0) is 19.1. The molecule has 1 aliphatic heterocycles. The molecule has 1 fully saturated rings. The molecule has 1 saturated heterocycles. The second kappa shape index (κ2) is 9.31. The number of methoxy groups -OCH3 is 2. The van der Waals surface area contributed by atoms with Crippen LogP contribution < -0.4 is 19.7 Å². The number of hydrogen-bond donors (Lipinski definition) is 1. The molecule has 0 unspecified atom stereocenters. The van der Waals surface area contributed by atoms with Crippen molar-refractivity contribution in [2.45, 2.75) is 32.1 Å². The van der Waals surface area contributed by atoms with Gasteiger partial charge in [0.2, 0.25) is 5.91 Å². The van der Waals surface area contributed by atoms with Gasteiger partial charge in [0, 0.05) is 37.0 Å². The maximum Gasteiger partial charge on any atom is 0.224 e. The van der Waals surface area contributed by atoms with Crippen LogP contribution in [0.15, 0.2) is 42.5 Å². The first-order valence-corrected chi connectivity index (χ1v) is 9.55. The quantitative estimate of drug-likeness (QED) is 0.793. The van der Waals surface area contributed by atoms with Gasteiger partial charge in [-0.25, -0.2) is 0 Å². The predicted octanol–water partition coefficient (Wildman–Crippen LogP) is 4.27. The highest BCUT2D eigenvalue weighted by Gasteiger charge is 2.11. The van der Waals surface area contributed by atoms with Crippen LogP contribution in [0, 0.1) is 0 Å². The normalized spacial score (nSPS) is 13.9. The first-order chi connectivity index (χ1) is 13.2. The summed E-state index contributed by atoms with van der Waals surface area (Å²) in [5, 5.41) is 2.98. The van der Waals surface area contributed by atoms with Gasteiger partial charge in [0.15, 0.2) is 0 Å². The summed E-state index contributed by atoms with van der Waals surface area (Å²) in [6.45, 7) is 2.24. The summed E-state index contributed by atoms with van der Waals surface area (Å²) in [6.07, 6.45) is 4.88. The Morgan fingerprint density at radius 3 is 2.19 bits per heavy atom. The van der Waals surface area contributed by atoms with Crippen molar-refractivity contribution in [3.63, 3.8) is 0 Å². The lowest BCUT2D eigenvalue weighted by atomic mass is 10.1. The molecule has 5 heteroatoms. The summed E-state index contributed by atoms with van der Waals surface area (Å²) in [5.74, 6) is 1.47. The van der Waals surface area contributed by atoms with E-state index in [-0.39, 0.29) is 5.91 Å². The predicted molar refractivity (Wildman–Crippen MR) is 109 cm³/mol. The van der Waals surface area contributed by atoms with Gasteiger partial charge in [-0.3, -0.25) is 4.79 Å². The number of piperidine rings is 1. The van der Waals surface area contributed by atoms with Crippen molar-refractivity contribution >= 4 is 17.3 Å². The number of hydrogen-bond acceptors (Lipinski definition) is 4. The minimum atomic E-state index is 0.00232. The van der Waals surface area contributed by atoms with Crippen LogP contribution in [0.2, 0.25) is 0 Å². The molecule has 3 rings (SSSR count). The Labute approximate surface area is 161 Å². The van der Waals surface area contributed by atoms with E-state index in [1.165, 1.54) is 24.9 Å². The van der Waals surface area contributed by atoms with Crippen LogP contribution in [0.25, 0.3) is 0 Å². The van der Waals surface area contributed by atoms with Crippen LogP contribution in [-0.2, 0) is 11.2 Å². The fourth-order valence-corrected chi connectivity index (χ4v) is 3.40. The Kier molecular flexibility index (Phi) is 6.58. The van der Waals surface area contributed by atoms with Crippen LogP contribution in [-0.4, -0.2) is 33.2 Å². The Morgan fingerprint density at radius 2 is 1.59 bits per heavy atom. The molecular weight excluding hydrogens is 340 g/mol. The zero-order valence-corrected chi connectivity index (χ0v) is 16.2. The highest BCUT2D eigenvalue weighted by molar-refractivity contribution is 5.91. The van der Waals surface area contributed by atoms with Gasteiger partial charge in [-0.1, -0.05) is 0 Å². The van der Waals surface area contributed by atoms with E-state index in [9.17, 15) is 4.79 Å². The SMILES string of the molecule is COc1cc(CCC(=O)Nc2ccc(N3CCCCC3)cc2)cc(OC)c1. The number of benzene rings is 2. The molecule has 0 spiro atoms. The Bertz CT molecular complexity index is 730. The van der Waals surface area contributed by atoms with Gasteiger partial charge in [-0.2, -0.15) is 0 Å². The Hall–Kier alpha value is -2.69. The highest BCUT2D eigenvalue weighted by atomic mass is 16.5. The molecule has 1 N–H and O–H groups in total. The number of carbonyl (C=O) groups is 1. The molecule has 0 radical (unpaired) electrons. The van der Waals surface area contributed by atoms with Crippen LogP contribution in [0.1, 0.15) is 31.2 Å². The second-order valence-electron chi connectivity index (χ2n) is 6.86. The molecule has 0 aromatic heterocycles. The lowest BCUT2D eigenvalue weighted by molar-refractivity contribution is -0.116. The lowest BCUT2D eigenvalue weighted by Crippen LogP contribution is -2.29. The molecule has 1 heterocycles. The maximum atomic E-state index is 12.3. The number of anilines is 2. The third-order valence-electron chi connectivity index (χ3n) is 4.92. The number of amides is 1. The topological polar surface area (TPSA) is 50.8 Å². The molecule has 2 aromatic carbocycles. The number of aryl methyl sites for hydroxylation is 1. The standard InChI is InChI=1S/C22H28N2O3/c1-26-20-14-17(15-21(16-20)27-2)6-11-22(25)23-18-7-9-19(10-8-18)24-12-4-3-5-13-24/h7-10,14-16H,3-6,11-13H2,1-2H3,(H,23,25). The third-order valence-corrected chi connectivity index (χ3v) is 4.92. The molecule has 0 saturated carbocycles. The largest absolute Gasteiger partial charge is 0.497 e. The lowest BCUT2D eigenvalue weighted by Gasteiger charge is -2.28. The average Bonchev–Trinajstić information content (AvgIpc) is 2.73. The van der Waals surface area contributed by atoms with E-state index in [0.29, 0.717) is 12.8 Å². The van der Waals surface area contributed by atoms with E-state index < -0.39 is 0 Å². The molecule has 1 amide bonds. The highest BCUT2D eigenvalue weighted by Crippen LogP contribution is 2.24. The van der Waals surface area contributed by atoms with Crippen molar-refractivity contribution < 1.29 is 14.3 Å². The van der Waals surface area contributed by atoms with E-state index >= 15 is 0 Å². The van der Waals surface area contributed by atoms with E-state index in [4.69, 9.17) is 9.47 Å². The molecule has 1 aliphatic rings. The van der Waals surface area contributed by atoms with Gasteiger partial charge < -0.3 is 19.7 Å². The fraction of sp³-hybridized carbons (Fsp3) is 0.409. The summed E-state index contributed by atoms with van der Waals surface area (Å²) >= 11 is 0. The number of carbonyl (C=O) groups excluding carboxylic acids is 1. The molecule has 0 bridgehead atoms. The van der Waals surface area contributed by atoms with E-state index in [2.05, 4.69) is 22.3 Å². The first-order valence-electron chi connectivity index (χ1n) is 9.55. The van der Waals surface area contributed by atoms with Gasteiger partial charge in [-0.05, 0) is 67.6 Å². The monoisotopic (exact) mass is 368 g/mol. The Morgan fingerprint density at radius 1 is 0.963 bits per heavy atom. The number of rotatable bonds is 7. The second-order valence-corrected chi connectivity index (χ2v) is 6.86. The molecule has 144 valence electrons. The Balaban J connectivity index is 1.53. The van der Waals surface area contributed by atoms with Crippen molar-refractivity contribution in [1.82, 2.24) is 0 Å². The average molecular weight is 368 g/mol. The van der Waals surface area contributed by atoms with Gasteiger partial charge in [-0.15, -0.1) is 0 Å². The van der Waals surface area contributed by atoms with Crippen LogP contribution in [0.3, 0.4) is 0 Å². The minimum Gasteiger partial charge on any atom is -0.497 e. The fourth-order valence-electron chi connectivity index (χ4n) is 3.40. The molecule has 2 aromatic rings. The summed E-state index contributed by atoms with van der Waals surface area (Å²) in [6, 6.07) is 13.8. The smallest absolute Gasteiger partial charge is 0.224 e. The third kappa shape index (κ3) is 5.39.